The van der Waals surface area contributed by atoms with E-state index in [0.29, 0.717) is 12.0 Å². The van der Waals surface area contributed by atoms with Crippen molar-refractivity contribution in [3.63, 3.8) is 0 Å². The number of hydrogen-bond donors (Lipinski definition) is 1. The topological polar surface area (TPSA) is 41.6 Å². The summed E-state index contributed by atoms with van der Waals surface area (Å²) in [6.45, 7) is 4.11. The minimum absolute atomic E-state index is 0.0569. The number of benzene rings is 1. The molecule has 0 saturated heterocycles. The summed E-state index contributed by atoms with van der Waals surface area (Å²) >= 11 is 0. The molecule has 6 heteroatoms. The normalized spacial score (nSPS) is 15.5. The fourth-order valence-electron chi connectivity index (χ4n) is 2.52. The highest BCUT2D eigenvalue weighted by atomic mass is 19.3. The van der Waals surface area contributed by atoms with Crippen LogP contribution in [-0.2, 0) is 0 Å². The molecule has 24 heavy (non-hydrogen) atoms. The Morgan fingerprint density at radius 3 is 2.38 bits per heavy atom. The summed E-state index contributed by atoms with van der Waals surface area (Å²) < 4.78 is 28.7. The number of ether oxygens (including phenoxy) is 1. The standard InChI is InChI=1S/C18H26F2N2O2/c1-12(2)10-11-22(15-6-7-15)18(23)21-13(3)14-4-8-16(9-5-14)24-17(19)20/h4-5,8-9,12-13,15,17H,6-7,10-11H2,1-3H3,(H,21,23). The molecule has 1 atom stereocenters. The molecule has 2 rings (SSSR count). The second-order valence-corrected chi connectivity index (χ2v) is 6.73. The van der Waals surface area contributed by atoms with Crippen LogP contribution in [0.2, 0.25) is 0 Å². The zero-order chi connectivity index (χ0) is 17.7. The summed E-state index contributed by atoms with van der Waals surface area (Å²) in [5.74, 6) is 0.669. The molecule has 0 aromatic heterocycles. The molecule has 1 aliphatic rings. The smallest absolute Gasteiger partial charge is 0.387 e. The van der Waals surface area contributed by atoms with Gasteiger partial charge in [-0.2, -0.15) is 8.78 Å². The number of nitrogens with zero attached hydrogens (tertiary/aromatic N) is 1. The maximum absolute atomic E-state index is 12.5. The molecule has 1 aliphatic carbocycles. The second-order valence-electron chi connectivity index (χ2n) is 6.73. The first kappa shape index (κ1) is 18.5. The number of carbonyl (C=O) groups is 1. The van der Waals surface area contributed by atoms with Crippen LogP contribution >= 0.6 is 0 Å². The summed E-state index contributed by atoms with van der Waals surface area (Å²) in [6.07, 6.45) is 3.12. The fourth-order valence-corrected chi connectivity index (χ4v) is 2.52. The lowest BCUT2D eigenvalue weighted by Crippen LogP contribution is -2.43. The van der Waals surface area contributed by atoms with Gasteiger partial charge in [0.05, 0.1) is 6.04 Å². The highest BCUT2D eigenvalue weighted by molar-refractivity contribution is 5.75. The number of amides is 2. The zero-order valence-electron chi connectivity index (χ0n) is 14.5. The van der Waals surface area contributed by atoms with Crippen molar-refractivity contribution < 1.29 is 18.3 Å². The Bertz CT molecular complexity index is 530. The van der Waals surface area contributed by atoms with Crippen molar-refractivity contribution in [1.29, 1.82) is 0 Å². The summed E-state index contributed by atoms with van der Waals surface area (Å²) in [5.41, 5.74) is 0.851. The molecule has 0 heterocycles. The van der Waals surface area contributed by atoms with Gasteiger partial charge < -0.3 is 15.0 Å². The highest BCUT2D eigenvalue weighted by Gasteiger charge is 2.32. The fraction of sp³-hybridized carbons (Fsp3) is 0.611. The van der Waals surface area contributed by atoms with Crippen molar-refractivity contribution in [3.8, 4) is 5.75 Å². The quantitative estimate of drug-likeness (QED) is 0.753. The van der Waals surface area contributed by atoms with E-state index in [2.05, 4.69) is 23.9 Å². The summed E-state index contributed by atoms with van der Waals surface area (Å²) in [4.78, 5) is 14.4. The Labute approximate surface area is 142 Å². The van der Waals surface area contributed by atoms with Crippen molar-refractivity contribution in [1.82, 2.24) is 10.2 Å². The number of hydrogen-bond acceptors (Lipinski definition) is 2. The van der Waals surface area contributed by atoms with Gasteiger partial charge >= 0.3 is 12.6 Å². The third kappa shape index (κ3) is 5.65. The number of urea groups is 1. The van der Waals surface area contributed by atoms with Crippen LogP contribution in [0.15, 0.2) is 24.3 Å². The van der Waals surface area contributed by atoms with E-state index in [1.54, 1.807) is 12.1 Å². The third-order valence-corrected chi connectivity index (χ3v) is 4.14. The molecule has 0 radical (unpaired) electrons. The van der Waals surface area contributed by atoms with Crippen LogP contribution in [-0.4, -0.2) is 30.1 Å². The number of alkyl halides is 2. The maximum Gasteiger partial charge on any atom is 0.387 e. The summed E-state index contributed by atoms with van der Waals surface area (Å²) in [7, 11) is 0. The van der Waals surface area contributed by atoms with Crippen LogP contribution in [0, 0.1) is 5.92 Å². The van der Waals surface area contributed by atoms with Gasteiger partial charge in [-0.3, -0.25) is 0 Å². The van der Waals surface area contributed by atoms with Crippen molar-refractivity contribution in [2.24, 2.45) is 5.92 Å². The van der Waals surface area contributed by atoms with Gasteiger partial charge in [-0.15, -0.1) is 0 Å². The number of rotatable bonds is 8. The van der Waals surface area contributed by atoms with E-state index in [9.17, 15) is 13.6 Å². The maximum atomic E-state index is 12.5. The van der Waals surface area contributed by atoms with Crippen LogP contribution in [0.25, 0.3) is 0 Å². The molecular formula is C18H26F2N2O2. The number of carbonyl (C=O) groups excluding carboxylic acids is 1. The minimum atomic E-state index is -2.83. The highest BCUT2D eigenvalue weighted by Crippen LogP contribution is 2.28. The average Bonchev–Trinajstić information content (AvgIpc) is 3.32. The first-order valence-corrected chi connectivity index (χ1v) is 8.48. The van der Waals surface area contributed by atoms with E-state index < -0.39 is 6.61 Å². The van der Waals surface area contributed by atoms with Crippen LogP contribution in [0.5, 0.6) is 5.75 Å². The Morgan fingerprint density at radius 1 is 1.25 bits per heavy atom. The van der Waals surface area contributed by atoms with E-state index in [4.69, 9.17) is 0 Å². The molecule has 4 nitrogen and oxygen atoms in total. The van der Waals surface area contributed by atoms with Crippen molar-refractivity contribution in [2.75, 3.05) is 6.54 Å². The predicted octanol–water partition coefficient (Wildman–Crippen LogP) is 4.57. The zero-order valence-corrected chi connectivity index (χ0v) is 14.5. The van der Waals surface area contributed by atoms with Crippen molar-refractivity contribution in [2.45, 2.75) is 58.7 Å². The molecular weight excluding hydrogens is 314 g/mol. The molecule has 0 spiro atoms. The average molecular weight is 340 g/mol. The first-order valence-electron chi connectivity index (χ1n) is 8.48. The SMILES string of the molecule is CC(C)CCN(C(=O)NC(C)c1ccc(OC(F)F)cc1)C1CC1. The molecule has 1 saturated carbocycles. The second kappa shape index (κ2) is 8.31. The largest absolute Gasteiger partial charge is 0.435 e. The van der Waals surface area contributed by atoms with E-state index in [1.165, 1.54) is 12.1 Å². The first-order chi connectivity index (χ1) is 11.4. The minimum Gasteiger partial charge on any atom is -0.435 e. The van der Waals surface area contributed by atoms with Crippen molar-refractivity contribution >= 4 is 6.03 Å². The molecule has 1 unspecified atom stereocenters. The van der Waals surface area contributed by atoms with Crippen molar-refractivity contribution in [3.05, 3.63) is 29.8 Å². The monoisotopic (exact) mass is 340 g/mol. The van der Waals surface area contributed by atoms with Crippen LogP contribution in [0.3, 0.4) is 0 Å². The Hall–Kier alpha value is -1.85. The number of nitrogens with one attached hydrogen (secondary N) is 1. The van der Waals surface area contributed by atoms with E-state index in [0.717, 1.165) is 31.4 Å². The van der Waals surface area contributed by atoms with E-state index in [-0.39, 0.29) is 17.8 Å². The molecule has 1 aromatic rings. The van der Waals surface area contributed by atoms with E-state index in [1.807, 2.05) is 11.8 Å². The summed E-state index contributed by atoms with van der Waals surface area (Å²) in [5, 5.41) is 3.00. The lowest BCUT2D eigenvalue weighted by Gasteiger charge is -2.26. The summed E-state index contributed by atoms with van der Waals surface area (Å²) in [6, 6.07) is 6.47. The molecule has 134 valence electrons. The molecule has 2 amide bonds. The van der Waals surface area contributed by atoms with Gasteiger partial charge in [-0.1, -0.05) is 26.0 Å². The molecule has 1 N–H and O–H groups in total. The molecule has 0 aliphatic heterocycles. The Balaban J connectivity index is 1.91. The predicted molar refractivity (Wildman–Crippen MR) is 89.2 cm³/mol. The molecule has 1 aromatic carbocycles. The Kier molecular flexibility index (Phi) is 6.40. The lowest BCUT2D eigenvalue weighted by molar-refractivity contribution is -0.0498. The lowest BCUT2D eigenvalue weighted by atomic mass is 10.1. The van der Waals surface area contributed by atoms with Gasteiger partial charge in [0.1, 0.15) is 5.75 Å². The van der Waals surface area contributed by atoms with Gasteiger partial charge in [0.15, 0.2) is 0 Å². The molecule has 1 fully saturated rings. The van der Waals surface area contributed by atoms with Crippen LogP contribution in [0.4, 0.5) is 13.6 Å². The van der Waals surface area contributed by atoms with Gasteiger partial charge in [-0.05, 0) is 49.8 Å². The van der Waals surface area contributed by atoms with Gasteiger partial charge in [-0.25, -0.2) is 4.79 Å². The third-order valence-electron chi connectivity index (χ3n) is 4.14. The van der Waals surface area contributed by atoms with Gasteiger partial charge in [0.25, 0.3) is 0 Å². The van der Waals surface area contributed by atoms with Crippen LogP contribution < -0.4 is 10.1 Å². The van der Waals surface area contributed by atoms with E-state index >= 15 is 0 Å². The van der Waals surface area contributed by atoms with Gasteiger partial charge in [0, 0.05) is 12.6 Å². The molecule has 0 bridgehead atoms. The van der Waals surface area contributed by atoms with Crippen LogP contribution in [0.1, 0.15) is 51.6 Å². The Morgan fingerprint density at radius 2 is 1.88 bits per heavy atom. The number of halogens is 2. The van der Waals surface area contributed by atoms with Gasteiger partial charge in [0.2, 0.25) is 0 Å².